The fourth-order valence-corrected chi connectivity index (χ4v) is 4.81. The van der Waals surface area contributed by atoms with Crippen molar-refractivity contribution in [3.05, 3.63) is 11.8 Å². The van der Waals surface area contributed by atoms with E-state index in [1.807, 2.05) is 13.8 Å². The molecule has 0 spiro atoms. The third kappa shape index (κ3) is 2.68. The zero-order chi connectivity index (χ0) is 14.0. The molecular weight excluding hydrogens is 264 g/mol. The molecule has 108 valence electrons. The first kappa shape index (κ1) is 14.5. The van der Waals surface area contributed by atoms with Gasteiger partial charge < -0.3 is 5.32 Å². The molecule has 0 amide bonds. The van der Waals surface area contributed by atoms with E-state index in [1.165, 1.54) is 0 Å². The van der Waals surface area contributed by atoms with Gasteiger partial charge in [-0.05, 0) is 33.7 Å². The quantitative estimate of drug-likeness (QED) is 0.868. The lowest BCUT2D eigenvalue weighted by atomic mass is 10.0. The molecule has 0 aromatic carbocycles. The molecule has 1 fully saturated rings. The van der Waals surface area contributed by atoms with Crippen molar-refractivity contribution in [2.75, 3.05) is 7.05 Å². The average Bonchev–Trinajstić information content (AvgIpc) is 2.78. The Kier molecular flexibility index (Phi) is 4.27. The number of nitrogens with zero attached hydrogens (tertiary/aromatic N) is 2. The van der Waals surface area contributed by atoms with Gasteiger partial charge in [-0.1, -0.05) is 6.42 Å². The van der Waals surface area contributed by atoms with Gasteiger partial charge in [-0.25, -0.2) is 8.42 Å². The summed E-state index contributed by atoms with van der Waals surface area (Å²) in [6.07, 6.45) is 4.49. The number of sulfonamides is 1. The van der Waals surface area contributed by atoms with Crippen LogP contribution < -0.4 is 5.32 Å². The molecule has 1 aliphatic rings. The fourth-order valence-electron chi connectivity index (χ4n) is 2.82. The Hall–Kier alpha value is -0.920. The van der Waals surface area contributed by atoms with Crippen LogP contribution in [0.4, 0.5) is 0 Å². The Morgan fingerprint density at radius 3 is 2.63 bits per heavy atom. The van der Waals surface area contributed by atoms with Gasteiger partial charge in [0, 0.05) is 24.2 Å². The summed E-state index contributed by atoms with van der Waals surface area (Å²) in [7, 11) is -1.71. The molecule has 0 unspecified atom stereocenters. The lowest BCUT2D eigenvalue weighted by molar-refractivity contribution is 0.203. The lowest BCUT2D eigenvalue weighted by Gasteiger charge is -2.37. The van der Waals surface area contributed by atoms with Crippen LogP contribution in [0.2, 0.25) is 0 Å². The molecule has 19 heavy (non-hydrogen) atoms. The Labute approximate surface area is 114 Å². The molecule has 0 saturated carbocycles. The number of hydrogen-bond donors (Lipinski definition) is 2. The number of aromatic nitrogens is 2. The van der Waals surface area contributed by atoms with Gasteiger partial charge in [-0.2, -0.15) is 9.40 Å². The van der Waals surface area contributed by atoms with Crippen molar-refractivity contribution in [2.45, 2.75) is 56.8 Å². The van der Waals surface area contributed by atoms with Crippen LogP contribution in [0.15, 0.2) is 11.2 Å². The maximum Gasteiger partial charge on any atom is 0.260 e. The Bertz CT molecular complexity index is 516. The maximum atomic E-state index is 12.8. The molecule has 0 bridgehead atoms. The summed E-state index contributed by atoms with van der Waals surface area (Å²) in [6, 6.07) is 0.0824. The molecule has 2 rings (SSSR count). The smallest absolute Gasteiger partial charge is 0.260 e. The Morgan fingerprint density at radius 2 is 2.05 bits per heavy atom. The van der Waals surface area contributed by atoms with Crippen molar-refractivity contribution in [2.24, 2.45) is 0 Å². The van der Waals surface area contributed by atoms with Gasteiger partial charge in [-0.3, -0.25) is 5.10 Å². The monoisotopic (exact) mass is 286 g/mol. The standard InChI is InChI=1S/C12H22N4O2S/c1-9-5-4-6-10(2)16(9)19(17,18)12-11(7-13-3)8-14-15-12/h8-10,13H,4-7H2,1-3H3,(H,14,15)/t9-,10+. The van der Waals surface area contributed by atoms with Gasteiger partial charge in [-0.15, -0.1) is 0 Å². The second-order valence-electron chi connectivity index (χ2n) is 5.22. The number of H-pyrrole nitrogens is 1. The van der Waals surface area contributed by atoms with E-state index in [-0.39, 0.29) is 17.1 Å². The summed E-state index contributed by atoms with van der Waals surface area (Å²) in [6.45, 7) is 4.43. The van der Waals surface area contributed by atoms with E-state index in [4.69, 9.17) is 0 Å². The summed E-state index contributed by atoms with van der Waals surface area (Å²) < 4.78 is 27.2. The number of aromatic amines is 1. The van der Waals surface area contributed by atoms with Crippen LogP contribution in [-0.2, 0) is 16.6 Å². The van der Waals surface area contributed by atoms with E-state index >= 15 is 0 Å². The van der Waals surface area contributed by atoms with Crippen molar-refractivity contribution in [1.29, 1.82) is 0 Å². The van der Waals surface area contributed by atoms with E-state index in [2.05, 4.69) is 15.5 Å². The molecule has 7 heteroatoms. The third-order valence-corrected chi connectivity index (χ3v) is 5.84. The largest absolute Gasteiger partial charge is 0.316 e. The summed E-state index contributed by atoms with van der Waals surface area (Å²) in [5, 5.41) is 9.72. The van der Waals surface area contributed by atoms with Crippen molar-refractivity contribution in [1.82, 2.24) is 19.8 Å². The van der Waals surface area contributed by atoms with Crippen molar-refractivity contribution in [3.8, 4) is 0 Å². The number of rotatable bonds is 4. The van der Waals surface area contributed by atoms with Crippen molar-refractivity contribution < 1.29 is 8.42 Å². The Balaban J connectivity index is 2.38. The molecule has 2 atom stereocenters. The lowest BCUT2D eigenvalue weighted by Crippen LogP contribution is -2.47. The minimum atomic E-state index is -3.49. The number of hydrogen-bond acceptors (Lipinski definition) is 4. The summed E-state index contributed by atoms with van der Waals surface area (Å²) >= 11 is 0. The zero-order valence-corrected chi connectivity index (χ0v) is 12.5. The summed E-state index contributed by atoms with van der Waals surface area (Å²) in [4.78, 5) is 0. The first-order chi connectivity index (χ1) is 8.98. The predicted octanol–water partition coefficient (Wildman–Crippen LogP) is 1.08. The zero-order valence-electron chi connectivity index (χ0n) is 11.7. The SMILES string of the molecule is CNCc1cn[nH]c1S(=O)(=O)N1[C@H](C)CCC[C@@H]1C. The highest BCUT2D eigenvalue weighted by molar-refractivity contribution is 7.89. The van der Waals surface area contributed by atoms with Crippen LogP contribution in [0.3, 0.4) is 0 Å². The van der Waals surface area contributed by atoms with Crippen LogP contribution in [-0.4, -0.2) is 42.1 Å². The summed E-state index contributed by atoms with van der Waals surface area (Å²) in [5.41, 5.74) is 0.687. The predicted molar refractivity (Wildman–Crippen MR) is 73.2 cm³/mol. The van der Waals surface area contributed by atoms with E-state index in [9.17, 15) is 8.42 Å². The second-order valence-corrected chi connectivity index (χ2v) is 7.00. The normalized spacial score (nSPS) is 25.6. The van der Waals surface area contributed by atoms with Crippen LogP contribution in [0.5, 0.6) is 0 Å². The van der Waals surface area contributed by atoms with Crippen molar-refractivity contribution in [3.63, 3.8) is 0 Å². The van der Waals surface area contributed by atoms with Gasteiger partial charge in [0.2, 0.25) is 0 Å². The highest BCUT2D eigenvalue weighted by Gasteiger charge is 2.37. The van der Waals surface area contributed by atoms with Gasteiger partial charge in [0.1, 0.15) is 0 Å². The number of nitrogens with one attached hydrogen (secondary N) is 2. The fraction of sp³-hybridized carbons (Fsp3) is 0.750. The Morgan fingerprint density at radius 1 is 1.42 bits per heavy atom. The van der Waals surface area contributed by atoms with Crippen LogP contribution >= 0.6 is 0 Å². The maximum absolute atomic E-state index is 12.8. The average molecular weight is 286 g/mol. The van der Waals surface area contributed by atoms with Gasteiger partial charge >= 0.3 is 0 Å². The molecule has 1 aromatic rings. The molecule has 1 saturated heterocycles. The van der Waals surface area contributed by atoms with Crippen LogP contribution in [0.25, 0.3) is 0 Å². The summed E-state index contributed by atoms with van der Waals surface area (Å²) in [5.74, 6) is 0. The second kappa shape index (κ2) is 5.60. The molecular formula is C12H22N4O2S. The third-order valence-electron chi connectivity index (χ3n) is 3.69. The van der Waals surface area contributed by atoms with Gasteiger partial charge in [0.25, 0.3) is 10.0 Å². The van der Waals surface area contributed by atoms with Crippen molar-refractivity contribution >= 4 is 10.0 Å². The van der Waals surface area contributed by atoms with E-state index in [1.54, 1.807) is 17.5 Å². The molecule has 1 aromatic heterocycles. The molecule has 0 radical (unpaired) electrons. The molecule has 2 heterocycles. The van der Waals surface area contributed by atoms with Crippen LogP contribution in [0, 0.1) is 0 Å². The molecule has 0 aliphatic carbocycles. The van der Waals surface area contributed by atoms with E-state index < -0.39 is 10.0 Å². The van der Waals surface area contributed by atoms with Gasteiger partial charge in [0.15, 0.2) is 5.03 Å². The molecule has 2 N–H and O–H groups in total. The highest BCUT2D eigenvalue weighted by Crippen LogP contribution is 2.29. The topological polar surface area (TPSA) is 78.1 Å². The first-order valence-electron chi connectivity index (χ1n) is 6.69. The highest BCUT2D eigenvalue weighted by atomic mass is 32.2. The van der Waals surface area contributed by atoms with Crippen LogP contribution in [0.1, 0.15) is 38.7 Å². The number of piperidine rings is 1. The minimum absolute atomic E-state index is 0.0412. The van der Waals surface area contributed by atoms with Gasteiger partial charge in [0.05, 0.1) is 6.20 Å². The first-order valence-corrected chi connectivity index (χ1v) is 8.13. The molecule has 6 nitrogen and oxygen atoms in total. The van der Waals surface area contributed by atoms with E-state index in [0.29, 0.717) is 12.1 Å². The van der Waals surface area contributed by atoms with E-state index in [0.717, 1.165) is 19.3 Å². The molecule has 1 aliphatic heterocycles. The minimum Gasteiger partial charge on any atom is -0.316 e.